The van der Waals surface area contributed by atoms with Crippen molar-refractivity contribution in [2.45, 2.75) is 38.6 Å². The molecule has 0 heterocycles. The van der Waals surface area contributed by atoms with Crippen molar-refractivity contribution in [1.82, 2.24) is 4.90 Å². The molecule has 90 valence electrons. The molecule has 0 aromatic heterocycles. The number of carbonyl (C=O) groups is 1. The molecule has 0 aromatic carbocycles. The first-order chi connectivity index (χ1) is 7.11. The maximum Gasteiger partial charge on any atom is 0.307 e. The van der Waals surface area contributed by atoms with Gasteiger partial charge in [0.05, 0.1) is 13.5 Å². The van der Waals surface area contributed by atoms with Crippen molar-refractivity contribution in [3.8, 4) is 0 Å². The van der Waals surface area contributed by atoms with E-state index >= 15 is 0 Å². The molecule has 15 heavy (non-hydrogen) atoms. The number of hydrogen-bond donors (Lipinski definition) is 1. The number of carbonyl (C=O) groups excluding carboxylic acids is 1. The van der Waals surface area contributed by atoms with E-state index in [1.165, 1.54) is 7.11 Å². The predicted octanol–water partition coefficient (Wildman–Crippen LogP) is 1.03. The average Bonchev–Trinajstić information content (AvgIpc) is 2.23. The number of aliphatic hydroxyl groups excluding tert-OH is 1. The third-order valence-electron chi connectivity index (χ3n) is 2.61. The number of ether oxygens (including phenoxy) is 1. The summed E-state index contributed by atoms with van der Waals surface area (Å²) in [4.78, 5) is 13.2. The monoisotopic (exact) mass is 217 g/mol. The Hall–Kier alpha value is -0.610. The van der Waals surface area contributed by atoms with Gasteiger partial charge < -0.3 is 14.7 Å². The smallest absolute Gasteiger partial charge is 0.307 e. The largest absolute Gasteiger partial charge is 0.469 e. The Bertz CT molecular complexity index is 173. The molecule has 0 saturated heterocycles. The standard InChI is InChI=1S/C11H23NO3/c1-10(9-11(14)15-3)12(2)7-5-4-6-8-13/h10,13H,4-9H2,1-3H3. The van der Waals surface area contributed by atoms with Crippen LogP contribution in [0.1, 0.15) is 32.6 Å². The van der Waals surface area contributed by atoms with E-state index < -0.39 is 0 Å². The normalized spacial score (nSPS) is 12.9. The van der Waals surface area contributed by atoms with Crippen LogP contribution in [0.2, 0.25) is 0 Å². The SMILES string of the molecule is COC(=O)CC(C)N(C)CCCCCO. The molecular weight excluding hydrogens is 194 g/mol. The maximum atomic E-state index is 11.0. The molecule has 0 spiro atoms. The zero-order chi connectivity index (χ0) is 11.7. The second-order valence-electron chi connectivity index (χ2n) is 3.89. The van der Waals surface area contributed by atoms with Gasteiger partial charge in [-0.05, 0) is 39.8 Å². The zero-order valence-electron chi connectivity index (χ0n) is 10.0. The van der Waals surface area contributed by atoms with Crippen LogP contribution in [0.15, 0.2) is 0 Å². The number of methoxy groups -OCH3 is 1. The Labute approximate surface area is 92.2 Å². The Morgan fingerprint density at radius 3 is 2.60 bits per heavy atom. The molecule has 1 atom stereocenters. The molecule has 0 aliphatic rings. The number of hydrogen-bond acceptors (Lipinski definition) is 4. The van der Waals surface area contributed by atoms with Crippen LogP contribution in [-0.2, 0) is 9.53 Å². The summed E-state index contributed by atoms with van der Waals surface area (Å²) in [5.41, 5.74) is 0. The topological polar surface area (TPSA) is 49.8 Å². The number of nitrogens with zero attached hydrogens (tertiary/aromatic N) is 1. The van der Waals surface area contributed by atoms with Gasteiger partial charge in [0.1, 0.15) is 0 Å². The van der Waals surface area contributed by atoms with E-state index in [1.807, 2.05) is 14.0 Å². The third kappa shape index (κ3) is 7.33. The van der Waals surface area contributed by atoms with Crippen molar-refractivity contribution in [3.63, 3.8) is 0 Å². The summed E-state index contributed by atoms with van der Waals surface area (Å²) in [5, 5.41) is 8.62. The van der Waals surface area contributed by atoms with Crippen molar-refractivity contribution in [3.05, 3.63) is 0 Å². The number of rotatable bonds is 8. The van der Waals surface area contributed by atoms with Crippen LogP contribution >= 0.6 is 0 Å². The highest BCUT2D eigenvalue weighted by Crippen LogP contribution is 2.05. The molecule has 0 aromatic rings. The molecular formula is C11H23NO3. The van der Waals surface area contributed by atoms with Crippen molar-refractivity contribution in [2.75, 3.05) is 27.3 Å². The molecule has 1 N–H and O–H groups in total. The summed E-state index contributed by atoms with van der Waals surface area (Å²) in [6.45, 7) is 3.24. The third-order valence-corrected chi connectivity index (χ3v) is 2.61. The summed E-state index contributed by atoms with van der Waals surface area (Å²) in [6.07, 6.45) is 3.39. The van der Waals surface area contributed by atoms with Gasteiger partial charge in [0.2, 0.25) is 0 Å². The van der Waals surface area contributed by atoms with Crippen LogP contribution in [-0.4, -0.2) is 49.3 Å². The van der Waals surface area contributed by atoms with Gasteiger partial charge in [-0.25, -0.2) is 0 Å². The fourth-order valence-electron chi connectivity index (χ4n) is 1.35. The molecule has 0 fully saturated rings. The van der Waals surface area contributed by atoms with Gasteiger partial charge in [-0.15, -0.1) is 0 Å². The summed E-state index contributed by atoms with van der Waals surface area (Å²) in [6, 6.07) is 0.214. The summed E-state index contributed by atoms with van der Waals surface area (Å²) in [7, 11) is 3.42. The van der Waals surface area contributed by atoms with E-state index in [9.17, 15) is 4.79 Å². The van der Waals surface area contributed by atoms with Crippen LogP contribution in [0.4, 0.5) is 0 Å². The Morgan fingerprint density at radius 2 is 2.07 bits per heavy atom. The summed E-state index contributed by atoms with van der Waals surface area (Å²) < 4.78 is 4.62. The van der Waals surface area contributed by atoms with Gasteiger partial charge in [0.15, 0.2) is 0 Å². The van der Waals surface area contributed by atoms with Gasteiger partial charge in [0, 0.05) is 12.6 Å². The average molecular weight is 217 g/mol. The molecule has 0 radical (unpaired) electrons. The first-order valence-electron chi connectivity index (χ1n) is 5.49. The van der Waals surface area contributed by atoms with Crippen LogP contribution in [0, 0.1) is 0 Å². The molecule has 0 aliphatic carbocycles. The first kappa shape index (κ1) is 14.4. The molecule has 1 unspecified atom stereocenters. The van der Waals surface area contributed by atoms with Crippen LogP contribution in [0.3, 0.4) is 0 Å². The summed E-state index contributed by atoms with van der Waals surface area (Å²) >= 11 is 0. The minimum absolute atomic E-state index is 0.162. The molecule has 0 amide bonds. The number of unbranched alkanes of at least 4 members (excludes halogenated alkanes) is 2. The van der Waals surface area contributed by atoms with Crippen molar-refractivity contribution < 1.29 is 14.6 Å². The quantitative estimate of drug-likeness (QED) is 0.487. The first-order valence-corrected chi connectivity index (χ1v) is 5.49. The predicted molar refractivity (Wildman–Crippen MR) is 59.7 cm³/mol. The molecule has 4 nitrogen and oxygen atoms in total. The molecule has 0 aliphatic heterocycles. The van der Waals surface area contributed by atoms with E-state index in [4.69, 9.17) is 5.11 Å². The minimum atomic E-state index is -0.162. The van der Waals surface area contributed by atoms with Gasteiger partial charge in [-0.3, -0.25) is 4.79 Å². The number of aliphatic hydroxyl groups is 1. The summed E-state index contributed by atoms with van der Waals surface area (Å²) in [5.74, 6) is -0.162. The van der Waals surface area contributed by atoms with E-state index in [0.29, 0.717) is 6.42 Å². The Morgan fingerprint density at radius 1 is 1.40 bits per heavy atom. The van der Waals surface area contributed by atoms with Gasteiger partial charge in [-0.2, -0.15) is 0 Å². The zero-order valence-corrected chi connectivity index (χ0v) is 10.0. The molecule has 4 heteroatoms. The molecule has 0 rings (SSSR count). The lowest BCUT2D eigenvalue weighted by molar-refractivity contribution is -0.141. The fourth-order valence-corrected chi connectivity index (χ4v) is 1.35. The van der Waals surface area contributed by atoms with Crippen molar-refractivity contribution >= 4 is 5.97 Å². The van der Waals surface area contributed by atoms with E-state index in [-0.39, 0.29) is 18.6 Å². The van der Waals surface area contributed by atoms with E-state index in [1.54, 1.807) is 0 Å². The lowest BCUT2D eigenvalue weighted by Crippen LogP contribution is -2.32. The fraction of sp³-hybridized carbons (Fsp3) is 0.909. The van der Waals surface area contributed by atoms with Crippen LogP contribution in [0.5, 0.6) is 0 Å². The second-order valence-corrected chi connectivity index (χ2v) is 3.89. The highest BCUT2D eigenvalue weighted by molar-refractivity contribution is 5.69. The van der Waals surface area contributed by atoms with Crippen LogP contribution < -0.4 is 0 Å². The highest BCUT2D eigenvalue weighted by Gasteiger charge is 2.13. The van der Waals surface area contributed by atoms with Crippen LogP contribution in [0.25, 0.3) is 0 Å². The van der Waals surface area contributed by atoms with Crippen molar-refractivity contribution in [1.29, 1.82) is 0 Å². The Balaban J connectivity index is 3.59. The number of esters is 1. The maximum absolute atomic E-state index is 11.0. The lowest BCUT2D eigenvalue weighted by atomic mass is 10.2. The van der Waals surface area contributed by atoms with Gasteiger partial charge in [-0.1, -0.05) is 0 Å². The second kappa shape index (κ2) is 8.68. The van der Waals surface area contributed by atoms with Gasteiger partial charge >= 0.3 is 5.97 Å². The van der Waals surface area contributed by atoms with Crippen molar-refractivity contribution in [2.24, 2.45) is 0 Å². The highest BCUT2D eigenvalue weighted by atomic mass is 16.5. The van der Waals surface area contributed by atoms with E-state index in [0.717, 1.165) is 25.8 Å². The molecule has 0 saturated carbocycles. The van der Waals surface area contributed by atoms with E-state index in [2.05, 4.69) is 9.64 Å². The molecule has 0 bridgehead atoms. The van der Waals surface area contributed by atoms with Gasteiger partial charge in [0.25, 0.3) is 0 Å². The lowest BCUT2D eigenvalue weighted by Gasteiger charge is -2.23. The minimum Gasteiger partial charge on any atom is -0.469 e. The Kier molecular flexibility index (Phi) is 8.33.